The molecule has 88 valence electrons. The number of ketones is 1. The van der Waals surface area contributed by atoms with Crippen LogP contribution in [-0.2, 0) is 0 Å². The molecule has 1 aromatic carbocycles. The Bertz CT molecular complexity index is 336. The average molecular weight is 238 g/mol. The molecule has 0 amide bonds. The van der Waals surface area contributed by atoms with E-state index in [1.807, 2.05) is 18.2 Å². The van der Waals surface area contributed by atoms with Crippen LogP contribution in [0.5, 0.6) is 5.75 Å². The van der Waals surface area contributed by atoms with Crippen molar-refractivity contribution in [3.63, 3.8) is 0 Å². The van der Waals surface area contributed by atoms with Gasteiger partial charge in [-0.1, -0.05) is 25.5 Å². The summed E-state index contributed by atoms with van der Waals surface area (Å²) in [7, 11) is 1.61. The highest BCUT2D eigenvalue weighted by molar-refractivity contribution is 7.99. The number of carbonyl (C=O) groups excluding carboxylic acids is 1. The fourth-order valence-corrected chi connectivity index (χ4v) is 2.28. The fraction of sp³-hybridized carbons (Fsp3) is 0.462. The average Bonchev–Trinajstić information content (AvgIpc) is 2.34. The van der Waals surface area contributed by atoms with Crippen LogP contribution in [0.4, 0.5) is 0 Å². The first-order chi connectivity index (χ1) is 7.77. The van der Waals surface area contributed by atoms with Gasteiger partial charge in [0.1, 0.15) is 5.75 Å². The molecule has 0 bridgehead atoms. The Morgan fingerprint density at radius 3 is 2.94 bits per heavy atom. The van der Waals surface area contributed by atoms with Gasteiger partial charge in [0.05, 0.1) is 12.9 Å². The van der Waals surface area contributed by atoms with Crippen molar-refractivity contribution in [3.05, 3.63) is 29.8 Å². The first kappa shape index (κ1) is 13.1. The molecule has 1 rings (SSSR count). The molecule has 0 aromatic heterocycles. The van der Waals surface area contributed by atoms with E-state index in [0.717, 1.165) is 17.1 Å². The van der Waals surface area contributed by atoms with Crippen molar-refractivity contribution in [1.82, 2.24) is 0 Å². The van der Waals surface area contributed by atoms with Crippen molar-refractivity contribution in [2.24, 2.45) is 0 Å². The van der Waals surface area contributed by atoms with Crippen LogP contribution >= 0.6 is 11.8 Å². The second-order valence-electron chi connectivity index (χ2n) is 3.56. The van der Waals surface area contributed by atoms with Crippen LogP contribution in [0.3, 0.4) is 0 Å². The van der Waals surface area contributed by atoms with Gasteiger partial charge in [-0.2, -0.15) is 11.8 Å². The lowest BCUT2D eigenvalue weighted by Gasteiger charge is -2.03. The summed E-state index contributed by atoms with van der Waals surface area (Å²) >= 11 is 1.70. The quantitative estimate of drug-likeness (QED) is 0.538. The number of thioether (sulfide) groups is 1. The molecule has 0 radical (unpaired) electrons. The minimum Gasteiger partial charge on any atom is -0.497 e. The van der Waals surface area contributed by atoms with Crippen LogP contribution in [0.2, 0.25) is 0 Å². The maximum absolute atomic E-state index is 11.8. The third-order valence-electron chi connectivity index (χ3n) is 2.27. The predicted octanol–water partition coefficient (Wildman–Crippen LogP) is 3.41. The van der Waals surface area contributed by atoms with Gasteiger partial charge in [0.15, 0.2) is 5.78 Å². The summed E-state index contributed by atoms with van der Waals surface area (Å²) in [6, 6.07) is 7.33. The SMILES string of the molecule is CCCCSCC(=O)c1cccc(OC)c1. The lowest BCUT2D eigenvalue weighted by Crippen LogP contribution is -2.03. The molecule has 0 aliphatic carbocycles. The largest absolute Gasteiger partial charge is 0.497 e. The van der Waals surface area contributed by atoms with Crippen molar-refractivity contribution in [3.8, 4) is 5.75 Å². The first-order valence-electron chi connectivity index (χ1n) is 5.53. The summed E-state index contributed by atoms with van der Waals surface area (Å²) in [6.45, 7) is 2.16. The van der Waals surface area contributed by atoms with Crippen molar-refractivity contribution in [1.29, 1.82) is 0 Å². The Balaban J connectivity index is 2.46. The third kappa shape index (κ3) is 4.27. The molecule has 0 spiro atoms. The van der Waals surface area contributed by atoms with E-state index in [4.69, 9.17) is 4.74 Å². The number of methoxy groups -OCH3 is 1. The number of Topliss-reactive ketones (excluding diaryl/α,β-unsaturated/α-hetero) is 1. The number of hydrogen-bond acceptors (Lipinski definition) is 3. The Hall–Kier alpha value is -0.960. The van der Waals surface area contributed by atoms with Gasteiger partial charge in [0.25, 0.3) is 0 Å². The maximum Gasteiger partial charge on any atom is 0.172 e. The van der Waals surface area contributed by atoms with E-state index in [2.05, 4.69) is 6.92 Å². The predicted molar refractivity (Wildman–Crippen MR) is 69.6 cm³/mol. The summed E-state index contributed by atoms with van der Waals surface area (Å²) < 4.78 is 5.09. The molecular weight excluding hydrogens is 220 g/mol. The second kappa shape index (κ2) is 7.34. The third-order valence-corrected chi connectivity index (χ3v) is 3.31. The van der Waals surface area contributed by atoms with Crippen molar-refractivity contribution < 1.29 is 9.53 Å². The number of carbonyl (C=O) groups is 1. The highest BCUT2D eigenvalue weighted by Crippen LogP contribution is 2.15. The monoisotopic (exact) mass is 238 g/mol. The van der Waals surface area contributed by atoms with Crippen LogP contribution in [0, 0.1) is 0 Å². The van der Waals surface area contributed by atoms with Crippen LogP contribution in [0.1, 0.15) is 30.1 Å². The molecule has 0 fully saturated rings. The Morgan fingerprint density at radius 1 is 1.44 bits per heavy atom. The number of hydrogen-bond donors (Lipinski definition) is 0. The van der Waals surface area contributed by atoms with E-state index in [9.17, 15) is 4.79 Å². The van der Waals surface area contributed by atoms with Gasteiger partial charge in [-0.25, -0.2) is 0 Å². The zero-order valence-corrected chi connectivity index (χ0v) is 10.7. The van der Waals surface area contributed by atoms with Crippen LogP contribution < -0.4 is 4.74 Å². The number of unbranched alkanes of at least 4 members (excludes halogenated alkanes) is 1. The molecule has 3 heteroatoms. The lowest BCUT2D eigenvalue weighted by atomic mass is 10.1. The summed E-state index contributed by atoms with van der Waals surface area (Å²) in [6.07, 6.45) is 2.36. The standard InChI is InChI=1S/C13H18O2S/c1-3-4-8-16-10-13(14)11-6-5-7-12(9-11)15-2/h5-7,9H,3-4,8,10H2,1-2H3. The van der Waals surface area contributed by atoms with Gasteiger partial charge in [-0.15, -0.1) is 0 Å². The molecule has 0 aliphatic heterocycles. The van der Waals surface area contributed by atoms with Crippen molar-refractivity contribution in [2.45, 2.75) is 19.8 Å². The summed E-state index contributed by atoms with van der Waals surface area (Å²) in [5, 5.41) is 0. The molecule has 0 unspecified atom stereocenters. The molecular formula is C13H18O2S. The zero-order valence-electron chi connectivity index (χ0n) is 9.86. The summed E-state index contributed by atoms with van der Waals surface area (Å²) in [5.41, 5.74) is 0.739. The second-order valence-corrected chi connectivity index (χ2v) is 4.67. The molecule has 16 heavy (non-hydrogen) atoms. The zero-order chi connectivity index (χ0) is 11.8. The molecule has 1 aromatic rings. The van der Waals surface area contributed by atoms with Gasteiger partial charge in [0.2, 0.25) is 0 Å². The molecule has 0 heterocycles. The van der Waals surface area contributed by atoms with Crippen LogP contribution in [0.15, 0.2) is 24.3 Å². The maximum atomic E-state index is 11.8. The minimum absolute atomic E-state index is 0.181. The van der Waals surface area contributed by atoms with Gasteiger partial charge < -0.3 is 4.74 Å². The number of rotatable bonds is 7. The van der Waals surface area contributed by atoms with Gasteiger partial charge >= 0.3 is 0 Å². The van der Waals surface area contributed by atoms with Gasteiger partial charge in [-0.3, -0.25) is 4.79 Å². The van der Waals surface area contributed by atoms with E-state index in [-0.39, 0.29) is 5.78 Å². The molecule has 2 nitrogen and oxygen atoms in total. The number of ether oxygens (including phenoxy) is 1. The fourth-order valence-electron chi connectivity index (χ4n) is 1.29. The molecule has 0 aliphatic rings. The van der Waals surface area contributed by atoms with Crippen molar-refractivity contribution in [2.75, 3.05) is 18.6 Å². The Kier molecular flexibility index (Phi) is 6.01. The van der Waals surface area contributed by atoms with E-state index >= 15 is 0 Å². The minimum atomic E-state index is 0.181. The highest BCUT2D eigenvalue weighted by atomic mass is 32.2. The lowest BCUT2D eigenvalue weighted by molar-refractivity contribution is 0.102. The van der Waals surface area contributed by atoms with E-state index in [1.165, 1.54) is 12.8 Å². The molecule has 0 N–H and O–H groups in total. The molecule has 0 saturated heterocycles. The summed E-state index contributed by atoms with van der Waals surface area (Å²) in [4.78, 5) is 11.8. The molecule has 0 saturated carbocycles. The van der Waals surface area contributed by atoms with Crippen LogP contribution in [-0.4, -0.2) is 24.4 Å². The Morgan fingerprint density at radius 2 is 2.25 bits per heavy atom. The smallest absolute Gasteiger partial charge is 0.172 e. The Labute approximate surface area is 101 Å². The first-order valence-corrected chi connectivity index (χ1v) is 6.68. The van der Waals surface area contributed by atoms with Gasteiger partial charge in [-0.05, 0) is 24.3 Å². The van der Waals surface area contributed by atoms with Crippen molar-refractivity contribution >= 4 is 17.5 Å². The van der Waals surface area contributed by atoms with E-state index < -0.39 is 0 Å². The molecule has 0 atom stereocenters. The summed E-state index contributed by atoms with van der Waals surface area (Å²) in [5.74, 6) is 2.55. The topological polar surface area (TPSA) is 26.3 Å². The van der Waals surface area contributed by atoms with Crippen LogP contribution in [0.25, 0.3) is 0 Å². The number of benzene rings is 1. The normalized spacial score (nSPS) is 10.1. The highest BCUT2D eigenvalue weighted by Gasteiger charge is 2.06. The van der Waals surface area contributed by atoms with E-state index in [0.29, 0.717) is 5.75 Å². The van der Waals surface area contributed by atoms with E-state index in [1.54, 1.807) is 24.9 Å². The van der Waals surface area contributed by atoms with Gasteiger partial charge in [0, 0.05) is 5.56 Å².